The van der Waals surface area contributed by atoms with Crippen molar-refractivity contribution in [3.05, 3.63) is 63.8 Å². The van der Waals surface area contributed by atoms with Crippen molar-refractivity contribution in [1.82, 2.24) is 0 Å². The lowest BCUT2D eigenvalue weighted by atomic mass is 9.85. The number of hydrogen-bond donors (Lipinski definition) is 4. The van der Waals surface area contributed by atoms with Crippen molar-refractivity contribution in [2.24, 2.45) is 0 Å². The molecule has 0 aromatic heterocycles. The van der Waals surface area contributed by atoms with E-state index >= 15 is 0 Å². The van der Waals surface area contributed by atoms with Crippen molar-refractivity contribution in [1.29, 1.82) is 0 Å². The van der Waals surface area contributed by atoms with E-state index in [9.17, 15) is 25.2 Å². The number of carbonyl (C=O) groups is 1. The predicted molar refractivity (Wildman–Crippen MR) is 118 cm³/mol. The Morgan fingerprint density at radius 1 is 0.935 bits per heavy atom. The van der Waals surface area contributed by atoms with E-state index in [2.05, 4.69) is 0 Å². The number of ketones is 1. The Bertz CT molecular complexity index is 1090. The molecule has 1 aliphatic rings. The summed E-state index contributed by atoms with van der Waals surface area (Å²) in [7, 11) is 0. The molecule has 3 rings (SSSR count). The molecule has 0 radical (unpaired) electrons. The Labute approximate surface area is 181 Å². The minimum absolute atomic E-state index is 0.00969. The zero-order valence-corrected chi connectivity index (χ0v) is 18.2. The molecule has 0 saturated carbocycles. The SMILES string of the molecule is CC(C)=CCc1cc([C@H]2COc3cc(O)c(CC=C(C)C)c(O)c3C2=O)c(O)cc1O. The summed E-state index contributed by atoms with van der Waals surface area (Å²) in [6.07, 6.45) is 4.50. The Balaban J connectivity index is 2.05. The van der Waals surface area contributed by atoms with E-state index < -0.39 is 11.7 Å². The van der Waals surface area contributed by atoms with Gasteiger partial charge in [-0.15, -0.1) is 0 Å². The smallest absolute Gasteiger partial charge is 0.181 e. The van der Waals surface area contributed by atoms with Gasteiger partial charge in [0.05, 0.1) is 5.92 Å². The summed E-state index contributed by atoms with van der Waals surface area (Å²) in [5.74, 6) is -1.88. The number of allylic oxidation sites excluding steroid dienone is 4. The molecule has 31 heavy (non-hydrogen) atoms. The fourth-order valence-electron chi connectivity index (χ4n) is 3.58. The highest BCUT2D eigenvalue weighted by Crippen LogP contribution is 2.45. The fraction of sp³-hybridized carbons (Fsp3) is 0.320. The summed E-state index contributed by atoms with van der Waals surface area (Å²) in [4.78, 5) is 13.3. The van der Waals surface area contributed by atoms with Gasteiger partial charge in [0.2, 0.25) is 0 Å². The minimum atomic E-state index is -0.856. The van der Waals surface area contributed by atoms with Gasteiger partial charge in [0.25, 0.3) is 0 Å². The highest BCUT2D eigenvalue weighted by molar-refractivity contribution is 6.07. The van der Waals surface area contributed by atoms with E-state index in [1.165, 1.54) is 12.1 Å². The Kier molecular flexibility index (Phi) is 6.29. The van der Waals surface area contributed by atoms with Crippen LogP contribution in [-0.4, -0.2) is 32.8 Å². The van der Waals surface area contributed by atoms with Gasteiger partial charge in [0.15, 0.2) is 5.78 Å². The second-order valence-corrected chi connectivity index (χ2v) is 8.33. The van der Waals surface area contributed by atoms with Crippen LogP contribution in [0.3, 0.4) is 0 Å². The van der Waals surface area contributed by atoms with Crippen molar-refractivity contribution in [2.75, 3.05) is 6.61 Å². The fourth-order valence-corrected chi connectivity index (χ4v) is 3.58. The van der Waals surface area contributed by atoms with Crippen LogP contribution >= 0.6 is 0 Å². The highest BCUT2D eigenvalue weighted by atomic mass is 16.5. The van der Waals surface area contributed by atoms with E-state index in [4.69, 9.17) is 4.74 Å². The third kappa shape index (κ3) is 4.53. The van der Waals surface area contributed by atoms with E-state index in [1.54, 1.807) is 6.07 Å². The van der Waals surface area contributed by atoms with Gasteiger partial charge in [0, 0.05) is 23.3 Å². The molecule has 2 aromatic rings. The molecule has 164 valence electrons. The molecule has 2 aromatic carbocycles. The Morgan fingerprint density at radius 3 is 2.23 bits per heavy atom. The van der Waals surface area contributed by atoms with Crippen LogP contribution in [0.1, 0.15) is 60.7 Å². The molecule has 4 N–H and O–H groups in total. The summed E-state index contributed by atoms with van der Waals surface area (Å²) >= 11 is 0. The molecule has 1 atom stereocenters. The summed E-state index contributed by atoms with van der Waals surface area (Å²) in [5, 5.41) is 41.7. The minimum Gasteiger partial charge on any atom is -0.508 e. The first-order valence-electron chi connectivity index (χ1n) is 10.2. The van der Waals surface area contributed by atoms with Gasteiger partial charge in [-0.05, 0) is 52.2 Å². The second-order valence-electron chi connectivity index (χ2n) is 8.33. The predicted octanol–water partition coefficient (Wildman–Crippen LogP) is 4.89. The first kappa shape index (κ1) is 22.3. The standard InChI is InChI=1S/C25H28O6/c1-13(2)5-7-15-9-17(20(27)10-19(15)26)18-12-31-22-11-21(28)16(8-6-14(3)4)24(29)23(22)25(18)30/h5-6,9-11,18,26-29H,7-8,12H2,1-4H3/t18-/m1/s1. The highest BCUT2D eigenvalue weighted by Gasteiger charge is 2.36. The molecule has 0 saturated heterocycles. The van der Waals surface area contributed by atoms with Crippen LogP contribution < -0.4 is 4.74 Å². The first-order valence-corrected chi connectivity index (χ1v) is 10.2. The molecule has 6 nitrogen and oxygen atoms in total. The lowest BCUT2D eigenvalue weighted by molar-refractivity contribution is 0.0889. The van der Waals surface area contributed by atoms with E-state index in [1.807, 2.05) is 39.8 Å². The number of phenolic OH excluding ortho intramolecular Hbond substituents is 4. The zero-order valence-electron chi connectivity index (χ0n) is 18.2. The van der Waals surface area contributed by atoms with Crippen molar-refractivity contribution < 1.29 is 30.0 Å². The third-order valence-electron chi connectivity index (χ3n) is 5.36. The maximum atomic E-state index is 13.3. The quantitative estimate of drug-likeness (QED) is 0.509. The normalized spacial score (nSPS) is 15.1. The van der Waals surface area contributed by atoms with E-state index in [0.29, 0.717) is 17.5 Å². The van der Waals surface area contributed by atoms with Gasteiger partial charge < -0.3 is 25.2 Å². The molecule has 0 fully saturated rings. The van der Waals surface area contributed by atoms with Crippen LogP contribution in [0, 0.1) is 0 Å². The molecule has 0 spiro atoms. The number of carbonyl (C=O) groups excluding carboxylic acids is 1. The van der Waals surface area contributed by atoms with Crippen molar-refractivity contribution in [3.63, 3.8) is 0 Å². The molecule has 1 aliphatic heterocycles. The van der Waals surface area contributed by atoms with Crippen LogP contribution in [0.15, 0.2) is 41.5 Å². The van der Waals surface area contributed by atoms with Gasteiger partial charge in [-0.3, -0.25) is 4.79 Å². The van der Waals surface area contributed by atoms with Crippen molar-refractivity contribution in [3.8, 4) is 28.7 Å². The summed E-state index contributed by atoms with van der Waals surface area (Å²) < 4.78 is 5.68. The number of fused-ring (bicyclic) bond motifs is 1. The molecular formula is C25H28O6. The first-order chi connectivity index (χ1) is 14.6. The van der Waals surface area contributed by atoms with Gasteiger partial charge >= 0.3 is 0 Å². The number of rotatable bonds is 5. The monoisotopic (exact) mass is 424 g/mol. The van der Waals surface area contributed by atoms with Gasteiger partial charge in [0.1, 0.15) is 40.9 Å². The lowest BCUT2D eigenvalue weighted by Crippen LogP contribution is -2.26. The average molecular weight is 424 g/mol. The number of aromatic hydroxyl groups is 4. The second kappa shape index (κ2) is 8.76. The maximum Gasteiger partial charge on any atom is 0.181 e. The summed E-state index contributed by atoms with van der Waals surface area (Å²) in [6, 6.07) is 4.17. The van der Waals surface area contributed by atoms with Crippen molar-refractivity contribution >= 4 is 5.78 Å². The molecule has 0 bridgehead atoms. The number of hydrogen-bond acceptors (Lipinski definition) is 6. The van der Waals surface area contributed by atoms with Gasteiger partial charge in [-0.1, -0.05) is 23.3 Å². The largest absolute Gasteiger partial charge is 0.508 e. The zero-order chi connectivity index (χ0) is 22.9. The van der Waals surface area contributed by atoms with Gasteiger partial charge in [-0.2, -0.15) is 0 Å². The Hall–Kier alpha value is -3.41. The Morgan fingerprint density at radius 2 is 1.58 bits per heavy atom. The molecule has 6 heteroatoms. The van der Waals surface area contributed by atoms with Crippen LogP contribution in [0.25, 0.3) is 0 Å². The number of Topliss-reactive ketones (excluding diaryl/α,β-unsaturated/α-hetero) is 1. The maximum absolute atomic E-state index is 13.3. The van der Waals surface area contributed by atoms with Crippen LogP contribution in [0.2, 0.25) is 0 Å². The summed E-state index contributed by atoms with van der Waals surface area (Å²) in [5.41, 5.74) is 3.22. The average Bonchev–Trinajstić information content (AvgIpc) is 2.67. The molecule has 0 aliphatic carbocycles. The number of benzene rings is 2. The van der Waals surface area contributed by atoms with E-state index in [0.717, 1.165) is 11.1 Å². The van der Waals surface area contributed by atoms with Gasteiger partial charge in [-0.25, -0.2) is 0 Å². The topological polar surface area (TPSA) is 107 Å². The number of ether oxygens (including phenoxy) is 1. The lowest BCUT2D eigenvalue weighted by Gasteiger charge is -2.27. The third-order valence-corrected chi connectivity index (χ3v) is 5.36. The van der Waals surface area contributed by atoms with E-state index in [-0.39, 0.29) is 52.9 Å². The molecule has 0 amide bonds. The number of phenols is 4. The molecule has 0 unspecified atom stereocenters. The van der Waals surface area contributed by atoms with Crippen LogP contribution in [0.5, 0.6) is 28.7 Å². The summed E-state index contributed by atoms with van der Waals surface area (Å²) in [6.45, 7) is 7.63. The van der Waals surface area contributed by atoms with Crippen LogP contribution in [0.4, 0.5) is 0 Å². The molecule has 1 heterocycles. The molecular weight excluding hydrogens is 396 g/mol. The van der Waals surface area contributed by atoms with Crippen LogP contribution in [-0.2, 0) is 12.8 Å². The van der Waals surface area contributed by atoms with Crippen molar-refractivity contribution in [2.45, 2.75) is 46.5 Å².